The van der Waals surface area contributed by atoms with Crippen LogP contribution >= 0.6 is 0 Å². The molecule has 6 nitrogen and oxygen atoms in total. The highest BCUT2D eigenvalue weighted by molar-refractivity contribution is 5.77. The summed E-state index contributed by atoms with van der Waals surface area (Å²) in [4.78, 5) is 27.3. The Morgan fingerprint density at radius 1 is 1.04 bits per heavy atom. The van der Waals surface area contributed by atoms with Gasteiger partial charge in [-0.2, -0.15) is 0 Å². The average Bonchev–Trinajstić information content (AvgIpc) is 2.57. The molecular formula is C18H27N3O3. The smallest absolute Gasteiger partial charge is 0.317 e. The maximum absolute atomic E-state index is 12.1. The molecule has 2 rings (SSSR count). The summed E-state index contributed by atoms with van der Waals surface area (Å²) in [5, 5.41) is 2.87. The first kappa shape index (κ1) is 18.1. The lowest BCUT2D eigenvalue weighted by molar-refractivity contribution is -0.132. The molecule has 0 aromatic heterocycles. The van der Waals surface area contributed by atoms with Crippen molar-refractivity contribution in [3.05, 3.63) is 29.3 Å². The van der Waals surface area contributed by atoms with Gasteiger partial charge in [0.05, 0.1) is 6.54 Å². The number of rotatable bonds is 5. The molecule has 1 saturated heterocycles. The van der Waals surface area contributed by atoms with Crippen molar-refractivity contribution in [2.24, 2.45) is 0 Å². The fourth-order valence-electron chi connectivity index (χ4n) is 2.84. The second-order valence-electron chi connectivity index (χ2n) is 6.13. The van der Waals surface area contributed by atoms with Crippen LogP contribution < -0.4 is 10.1 Å². The van der Waals surface area contributed by atoms with Gasteiger partial charge in [0, 0.05) is 32.6 Å². The summed E-state index contributed by atoms with van der Waals surface area (Å²) in [6, 6.07) is 5.97. The highest BCUT2D eigenvalue weighted by Gasteiger charge is 2.22. The van der Waals surface area contributed by atoms with Crippen molar-refractivity contribution >= 4 is 11.9 Å². The molecule has 1 heterocycles. The van der Waals surface area contributed by atoms with E-state index in [4.69, 9.17) is 4.74 Å². The van der Waals surface area contributed by atoms with Gasteiger partial charge in [0.2, 0.25) is 5.91 Å². The Morgan fingerprint density at radius 2 is 1.62 bits per heavy atom. The summed E-state index contributed by atoms with van der Waals surface area (Å²) < 4.78 is 5.68. The number of nitrogens with zero attached hydrogens (tertiary/aromatic N) is 2. The number of hydrogen-bond acceptors (Lipinski definition) is 3. The summed E-state index contributed by atoms with van der Waals surface area (Å²) in [6.07, 6.45) is 0.516. The standard InChI is InChI=1S/C18H27N3O3/c1-4-17(22)20-6-8-21(9-7-20)18(23)19-5-10-24-16-12-14(2)11-15(3)13-16/h11-13H,4-10H2,1-3H3,(H,19,23). The lowest BCUT2D eigenvalue weighted by atomic mass is 10.1. The zero-order valence-corrected chi connectivity index (χ0v) is 14.8. The highest BCUT2D eigenvalue weighted by atomic mass is 16.5. The van der Waals surface area contributed by atoms with Crippen LogP contribution in [0.25, 0.3) is 0 Å². The first-order valence-electron chi connectivity index (χ1n) is 8.51. The summed E-state index contributed by atoms with van der Waals surface area (Å²) >= 11 is 0. The van der Waals surface area contributed by atoms with Gasteiger partial charge in [-0.1, -0.05) is 13.0 Å². The largest absolute Gasteiger partial charge is 0.492 e. The van der Waals surface area contributed by atoms with Crippen LogP contribution in [-0.2, 0) is 4.79 Å². The molecule has 0 unspecified atom stereocenters. The number of aryl methyl sites for hydroxylation is 2. The number of nitrogens with one attached hydrogen (secondary N) is 1. The van der Waals surface area contributed by atoms with E-state index in [2.05, 4.69) is 11.4 Å². The lowest BCUT2D eigenvalue weighted by Gasteiger charge is -2.34. The third-order valence-electron chi connectivity index (χ3n) is 4.06. The number of ether oxygens (including phenoxy) is 1. The minimum absolute atomic E-state index is 0.0948. The number of piperazine rings is 1. The molecule has 0 radical (unpaired) electrons. The fourth-order valence-corrected chi connectivity index (χ4v) is 2.84. The van der Waals surface area contributed by atoms with E-state index in [1.54, 1.807) is 4.90 Å². The van der Waals surface area contributed by atoms with Gasteiger partial charge in [-0.3, -0.25) is 4.79 Å². The highest BCUT2D eigenvalue weighted by Crippen LogP contribution is 2.15. The van der Waals surface area contributed by atoms with Crippen molar-refractivity contribution in [3.63, 3.8) is 0 Å². The van der Waals surface area contributed by atoms with Gasteiger partial charge >= 0.3 is 6.03 Å². The third-order valence-corrected chi connectivity index (χ3v) is 4.06. The van der Waals surface area contributed by atoms with E-state index in [1.807, 2.05) is 37.8 Å². The molecule has 1 aromatic rings. The number of benzene rings is 1. The summed E-state index contributed by atoms with van der Waals surface area (Å²) in [7, 11) is 0. The summed E-state index contributed by atoms with van der Waals surface area (Å²) in [5.41, 5.74) is 2.32. The van der Waals surface area contributed by atoms with Gasteiger partial charge in [0.15, 0.2) is 0 Å². The Hall–Kier alpha value is -2.24. The normalized spacial score (nSPS) is 14.5. The van der Waals surface area contributed by atoms with Crippen molar-refractivity contribution in [3.8, 4) is 5.75 Å². The minimum Gasteiger partial charge on any atom is -0.492 e. The quantitative estimate of drug-likeness (QED) is 0.838. The summed E-state index contributed by atoms with van der Waals surface area (Å²) in [6.45, 7) is 9.19. The van der Waals surface area contributed by atoms with E-state index in [-0.39, 0.29) is 11.9 Å². The van der Waals surface area contributed by atoms with Crippen LogP contribution in [0, 0.1) is 13.8 Å². The van der Waals surface area contributed by atoms with Gasteiger partial charge in [0.25, 0.3) is 0 Å². The Kier molecular flexibility index (Phi) is 6.46. The second kappa shape index (κ2) is 8.57. The van der Waals surface area contributed by atoms with E-state index < -0.39 is 0 Å². The van der Waals surface area contributed by atoms with Crippen LogP contribution in [0.3, 0.4) is 0 Å². The fraction of sp³-hybridized carbons (Fsp3) is 0.556. The van der Waals surface area contributed by atoms with Gasteiger partial charge < -0.3 is 19.9 Å². The van der Waals surface area contributed by atoms with Gasteiger partial charge in [-0.05, 0) is 37.1 Å². The minimum atomic E-state index is -0.0948. The van der Waals surface area contributed by atoms with Crippen molar-refractivity contribution in [1.82, 2.24) is 15.1 Å². The zero-order chi connectivity index (χ0) is 17.5. The predicted molar refractivity (Wildman–Crippen MR) is 93.3 cm³/mol. The number of carbonyl (C=O) groups is 2. The maximum Gasteiger partial charge on any atom is 0.317 e. The zero-order valence-electron chi connectivity index (χ0n) is 14.8. The molecule has 0 aliphatic carbocycles. The Bertz CT molecular complexity index is 561. The summed E-state index contributed by atoms with van der Waals surface area (Å²) in [5.74, 6) is 0.977. The number of hydrogen-bond donors (Lipinski definition) is 1. The molecule has 1 aliphatic heterocycles. The van der Waals surface area contributed by atoms with E-state index in [1.165, 1.54) is 0 Å². The molecule has 0 spiro atoms. The molecular weight excluding hydrogens is 306 g/mol. The Balaban J connectivity index is 1.67. The third kappa shape index (κ3) is 5.15. The van der Waals surface area contributed by atoms with Crippen molar-refractivity contribution in [2.75, 3.05) is 39.3 Å². The Morgan fingerprint density at radius 3 is 2.21 bits per heavy atom. The molecule has 1 N–H and O–H groups in total. The van der Waals surface area contributed by atoms with Gasteiger partial charge in [-0.25, -0.2) is 4.79 Å². The number of urea groups is 1. The first-order chi connectivity index (χ1) is 11.5. The molecule has 1 fully saturated rings. The Labute approximate surface area is 143 Å². The van der Waals surface area contributed by atoms with Crippen LogP contribution in [0.2, 0.25) is 0 Å². The molecule has 6 heteroatoms. The van der Waals surface area contributed by atoms with E-state index in [9.17, 15) is 9.59 Å². The molecule has 1 aromatic carbocycles. The van der Waals surface area contributed by atoms with Crippen molar-refractivity contribution in [2.45, 2.75) is 27.2 Å². The number of carbonyl (C=O) groups excluding carboxylic acids is 2. The second-order valence-corrected chi connectivity index (χ2v) is 6.13. The molecule has 0 saturated carbocycles. The van der Waals surface area contributed by atoms with Crippen molar-refractivity contribution < 1.29 is 14.3 Å². The topological polar surface area (TPSA) is 61.9 Å². The van der Waals surface area contributed by atoms with Crippen molar-refractivity contribution in [1.29, 1.82) is 0 Å². The van der Waals surface area contributed by atoms with E-state index >= 15 is 0 Å². The maximum atomic E-state index is 12.1. The molecule has 0 bridgehead atoms. The van der Waals surface area contributed by atoms with Crippen LogP contribution in [0.15, 0.2) is 18.2 Å². The molecule has 1 aliphatic rings. The van der Waals surface area contributed by atoms with Crippen LogP contribution in [0.1, 0.15) is 24.5 Å². The lowest BCUT2D eigenvalue weighted by Crippen LogP contribution is -2.53. The number of amides is 3. The van der Waals surface area contributed by atoms with Crippen LogP contribution in [0.5, 0.6) is 5.75 Å². The predicted octanol–water partition coefficient (Wildman–Crippen LogP) is 1.95. The molecule has 24 heavy (non-hydrogen) atoms. The van der Waals surface area contributed by atoms with E-state index in [0.29, 0.717) is 45.8 Å². The monoisotopic (exact) mass is 333 g/mol. The molecule has 132 valence electrons. The first-order valence-corrected chi connectivity index (χ1v) is 8.51. The van der Waals surface area contributed by atoms with Crippen LogP contribution in [-0.4, -0.2) is 61.1 Å². The average molecular weight is 333 g/mol. The van der Waals surface area contributed by atoms with Gasteiger partial charge in [-0.15, -0.1) is 0 Å². The molecule has 3 amide bonds. The van der Waals surface area contributed by atoms with Crippen LogP contribution in [0.4, 0.5) is 4.79 Å². The van der Waals surface area contributed by atoms with E-state index in [0.717, 1.165) is 16.9 Å². The SMILES string of the molecule is CCC(=O)N1CCN(C(=O)NCCOc2cc(C)cc(C)c2)CC1. The van der Waals surface area contributed by atoms with Gasteiger partial charge in [0.1, 0.15) is 12.4 Å². The molecule has 0 atom stereocenters.